The standard InChI is InChI=1S/C36H67N3O5/c1-7-8-9-10-11-12-13-14-15-16-17-18-19-20-22-29(2)33(41)38-27-30-23-21-26-39(30)31(40)24-25-37-34(42)32-35(3,4)28-43-36(5,6)44-32/h29-30,32H,7-28H2,1-6H3,(H,37,42)(H,38,41). The Kier molecular flexibility index (Phi) is 17.9. The molecule has 0 saturated carbocycles. The highest BCUT2D eigenvalue weighted by Crippen LogP contribution is 2.34. The molecule has 2 rings (SSSR count). The van der Waals surface area contributed by atoms with Crippen molar-refractivity contribution in [2.75, 3.05) is 26.2 Å². The molecule has 0 radical (unpaired) electrons. The fraction of sp³-hybridized carbons (Fsp3) is 0.917. The lowest BCUT2D eigenvalue weighted by Gasteiger charge is -2.44. The zero-order chi connectivity index (χ0) is 32.4. The molecule has 2 fully saturated rings. The number of unbranched alkanes of at least 4 members (excludes halogenated alkanes) is 13. The average Bonchev–Trinajstić information content (AvgIpc) is 3.46. The van der Waals surface area contributed by atoms with E-state index in [2.05, 4.69) is 17.6 Å². The first-order valence-corrected chi connectivity index (χ1v) is 18.1. The summed E-state index contributed by atoms with van der Waals surface area (Å²) in [6.07, 6.45) is 21.1. The number of carbonyl (C=O) groups excluding carboxylic acids is 3. The molecule has 2 heterocycles. The van der Waals surface area contributed by atoms with Crippen molar-refractivity contribution in [3.63, 3.8) is 0 Å². The third-order valence-corrected chi connectivity index (χ3v) is 9.43. The second-order valence-corrected chi connectivity index (χ2v) is 14.6. The Morgan fingerprint density at radius 1 is 0.841 bits per heavy atom. The molecule has 0 aromatic heterocycles. The van der Waals surface area contributed by atoms with Crippen LogP contribution in [0.2, 0.25) is 0 Å². The summed E-state index contributed by atoms with van der Waals surface area (Å²) in [6.45, 7) is 13.7. The molecule has 2 saturated heterocycles. The summed E-state index contributed by atoms with van der Waals surface area (Å²) in [6, 6.07) is 0.0222. The molecule has 3 unspecified atom stereocenters. The van der Waals surface area contributed by atoms with E-state index in [0.717, 1.165) is 25.7 Å². The number of ether oxygens (including phenoxy) is 2. The summed E-state index contributed by atoms with van der Waals surface area (Å²) in [4.78, 5) is 40.5. The van der Waals surface area contributed by atoms with Gasteiger partial charge in [0.25, 0.3) is 0 Å². The highest BCUT2D eigenvalue weighted by atomic mass is 16.7. The molecule has 2 aliphatic heterocycles. The quantitative estimate of drug-likeness (QED) is 0.124. The van der Waals surface area contributed by atoms with Gasteiger partial charge in [0.1, 0.15) is 6.10 Å². The lowest BCUT2D eigenvalue weighted by Crippen LogP contribution is -2.56. The average molecular weight is 622 g/mol. The van der Waals surface area contributed by atoms with Crippen LogP contribution in [0.4, 0.5) is 0 Å². The molecule has 0 bridgehead atoms. The predicted octanol–water partition coefficient (Wildman–Crippen LogP) is 7.29. The minimum atomic E-state index is -0.815. The molecule has 0 aliphatic carbocycles. The van der Waals surface area contributed by atoms with E-state index in [1.165, 1.54) is 83.5 Å². The number of hydrogen-bond donors (Lipinski definition) is 2. The fourth-order valence-electron chi connectivity index (χ4n) is 6.40. The normalized spacial score (nSPS) is 21.6. The van der Waals surface area contributed by atoms with E-state index in [0.29, 0.717) is 19.7 Å². The van der Waals surface area contributed by atoms with Crippen LogP contribution in [0.15, 0.2) is 0 Å². The second-order valence-electron chi connectivity index (χ2n) is 14.6. The van der Waals surface area contributed by atoms with Gasteiger partial charge in [-0.3, -0.25) is 14.4 Å². The van der Waals surface area contributed by atoms with E-state index in [4.69, 9.17) is 9.47 Å². The number of nitrogens with zero attached hydrogens (tertiary/aromatic N) is 1. The molecule has 0 aromatic rings. The zero-order valence-electron chi connectivity index (χ0n) is 29.3. The van der Waals surface area contributed by atoms with E-state index in [9.17, 15) is 14.4 Å². The predicted molar refractivity (Wildman–Crippen MR) is 178 cm³/mol. The van der Waals surface area contributed by atoms with Gasteiger partial charge in [-0.1, -0.05) is 118 Å². The second kappa shape index (κ2) is 20.5. The van der Waals surface area contributed by atoms with Gasteiger partial charge in [0.15, 0.2) is 5.79 Å². The van der Waals surface area contributed by atoms with Crippen LogP contribution < -0.4 is 10.6 Å². The number of carbonyl (C=O) groups is 3. The molecular formula is C36H67N3O5. The van der Waals surface area contributed by atoms with Gasteiger partial charge in [-0.15, -0.1) is 0 Å². The van der Waals surface area contributed by atoms with Crippen LogP contribution in [0.3, 0.4) is 0 Å². The maximum atomic E-state index is 13.0. The van der Waals surface area contributed by atoms with Crippen molar-refractivity contribution in [3.05, 3.63) is 0 Å². The van der Waals surface area contributed by atoms with Crippen LogP contribution in [0, 0.1) is 11.3 Å². The number of likely N-dealkylation sites (tertiary alicyclic amines) is 1. The van der Waals surface area contributed by atoms with Crippen molar-refractivity contribution in [1.29, 1.82) is 0 Å². The van der Waals surface area contributed by atoms with E-state index in [1.54, 1.807) is 13.8 Å². The Morgan fingerprint density at radius 2 is 1.41 bits per heavy atom. The summed E-state index contributed by atoms with van der Waals surface area (Å²) in [5.41, 5.74) is -0.453. The van der Waals surface area contributed by atoms with Gasteiger partial charge in [-0.05, 0) is 33.1 Å². The van der Waals surface area contributed by atoms with Crippen LogP contribution in [0.1, 0.15) is 157 Å². The van der Waals surface area contributed by atoms with Gasteiger partial charge in [0.2, 0.25) is 17.7 Å². The molecule has 256 valence electrons. The van der Waals surface area contributed by atoms with Gasteiger partial charge >= 0.3 is 0 Å². The minimum absolute atomic E-state index is 0.00488. The molecule has 2 N–H and O–H groups in total. The number of hydrogen-bond acceptors (Lipinski definition) is 5. The van der Waals surface area contributed by atoms with Gasteiger partial charge in [0.05, 0.1) is 6.61 Å². The first-order valence-electron chi connectivity index (χ1n) is 18.1. The molecular weight excluding hydrogens is 554 g/mol. The van der Waals surface area contributed by atoms with Gasteiger partial charge in [-0.2, -0.15) is 0 Å². The SMILES string of the molecule is CCCCCCCCCCCCCCCCC(C)C(=O)NCC1CCCN1C(=O)CCNC(=O)C1OC(C)(C)OCC1(C)C. The Bertz CT molecular complexity index is 846. The first-order chi connectivity index (χ1) is 21.0. The fourth-order valence-corrected chi connectivity index (χ4v) is 6.40. The number of amides is 3. The van der Waals surface area contributed by atoms with Crippen LogP contribution in [0.5, 0.6) is 0 Å². The van der Waals surface area contributed by atoms with Crippen molar-refractivity contribution in [2.24, 2.45) is 11.3 Å². The topological polar surface area (TPSA) is 97.0 Å². The lowest BCUT2D eigenvalue weighted by molar-refractivity contribution is -0.304. The van der Waals surface area contributed by atoms with Gasteiger partial charge < -0.3 is 25.0 Å². The summed E-state index contributed by atoms with van der Waals surface area (Å²) >= 11 is 0. The Morgan fingerprint density at radius 3 is 2.00 bits per heavy atom. The molecule has 8 heteroatoms. The molecule has 2 aliphatic rings. The lowest BCUT2D eigenvalue weighted by atomic mass is 9.85. The third kappa shape index (κ3) is 14.6. The van der Waals surface area contributed by atoms with Crippen molar-refractivity contribution in [2.45, 2.75) is 175 Å². The molecule has 0 spiro atoms. The number of nitrogens with one attached hydrogen (secondary N) is 2. The van der Waals surface area contributed by atoms with Crippen LogP contribution >= 0.6 is 0 Å². The highest BCUT2D eigenvalue weighted by Gasteiger charge is 2.45. The van der Waals surface area contributed by atoms with Crippen molar-refractivity contribution < 1.29 is 23.9 Å². The maximum Gasteiger partial charge on any atom is 0.249 e. The van der Waals surface area contributed by atoms with Crippen LogP contribution in [-0.4, -0.2) is 66.8 Å². The maximum absolute atomic E-state index is 13.0. The van der Waals surface area contributed by atoms with Crippen molar-refractivity contribution in [3.8, 4) is 0 Å². The van der Waals surface area contributed by atoms with Crippen LogP contribution in [0.25, 0.3) is 0 Å². The van der Waals surface area contributed by atoms with E-state index >= 15 is 0 Å². The van der Waals surface area contributed by atoms with Gasteiger partial charge in [0, 0.05) is 43.4 Å². The summed E-state index contributed by atoms with van der Waals surface area (Å²) in [5, 5.41) is 6.01. The van der Waals surface area contributed by atoms with Crippen LogP contribution in [-0.2, 0) is 23.9 Å². The monoisotopic (exact) mass is 622 g/mol. The van der Waals surface area contributed by atoms with Gasteiger partial charge in [-0.25, -0.2) is 0 Å². The van der Waals surface area contributed by atoms with E-state index in [1.807, 2.05) is 25.7 Å². The largest absolute Gasteiger partial charge is 0.354 e. The Labute approximate surface area is 269 Å². The highest BCUT2D eigenvalue weighted by molar-refractivity contribution is 5.83. The minimum Gasteiger partial charge on any atom is -0.354 e. The van der Waals surface area contributed by atoms with E-state index in [-0.39, 0.29) is 42.6 Å². The molecule has 0 aromatic carbocycles. The van der Waals surface area contributed by atoms with Crippen molar-refractivity contribution >= 4 is 17.7 Å². The molecule has 3 amide bonds. The smallest absolute Gasteiger partial charge is 0.249 e. The summed E-state index contributed by atoms with van der Waals surface area (Å²) in [7, 11) is 0. The molecule has 8 nitrogen and oxygen atoms in total. The Hall–Kier alpha value is -1.67. The third-order valence-electron chi connectivity index (χ3n) is 9.43. The number of rotatable bonds is 22. The summed E-state index contributed by atoms with van der Waals surface area (Å²) < 4.78 is 11.6. The molecule has 44 heavy (non-hydrogen) atoms. The molecule has 3 atom stereocenters. The Balaban J connectivity index is 1.54. The van der Waals surface area contributed by atoms with E-state index < -0.39 is 17.3 Å². The summed E-state index contributed by atoms with van der Waals surface area (Å²) in [5.74, 6) is -0.922. The zero-order valence-corrected chi connectivity index (χ0v) is 29.3. The van der Waals surface area contributed by atoms with Crippen molar-refractivity contribution in [1.82, 2.24) is 15.5 Å². The first kappa shape index (κ1) is 38.5.